The van der Waals surface area contributed by atoms with Crippen molar-refractivity contribution in [1.82, 2.24) is 10.2 Å². The van der Waals surface area contributed by atoms with E-state index in [1.54, 1.807) is 6.92 Å². The highest BCUT2D eigenvalue weighted by Crippen LogP contribution is 2.26. The van der Waals surface area contributed by atoms with E-state index in [0.29, 0.717) is 24.0 Å². The molecule has 1 aromatic carbocycles. The first-order chi connectivity index (χ1) is 11.9. The fourth-order valence-corrected chi connectivity index (χ4v) is 5.18. The number of nitrogens with one attached hydrogen (secondary N) is 1. The molecule has 1 N–H and O–H groups in total. The number of hydrogen-bond acceptors (Lipinski definition) is 7. The van der Waals surface area contributed by atoms with E-state index in [-0.39, 0.29) is 23.3 Å². The normalized spacial score (nSPS) is 20.3. The molecule has 1 aromatic heterocycles. The van der Waals surface area contributed by atoms with Crippen molar-refractivity contribution in [2.45, 2.75) is 30.2 Å². The standard InChI is InChI=1S/C16H19N3O4S2/c1-11(15(20)17-13-5-3-2-4-6-13)24-16-19-18-14(23-16)9-12-7-8-25(21,22)10-12/h2-6,11-12H,7-10H2,1H3,(H,17,20)/t11-,12+/m0/s1. The van der Waals surface area contributed by atoms with E-state index >= 15 is 0 Å². The second-order valence-corrected chi connectivity index (χ2v) is 9.57. The van der Waals surface area contributed by atoms with E-state index < -0.39 is 15.1 Å². The van der Waals surface area contributed by atoms with Crippen molar-refractivity contribution >= 4 is 33.2 Å². The smallest absolute Gasteiger partial charge is 0.277 e. The zero-order valence-electron chi connectivity index (χ0n) is 13.7. The average molecular weight is 381 g/mol. The van der Waals surface area contributed by atoms with Crippen LogP contribution in [0, 0.1) is 5.92 Å². The van der Waals surface area contributed by atoms with Crippen LogP contribution in [0.4, 0.5) is 5.69 Å². The first-order valence-corrected chi connectivity index (χ1v) is 10.7. The lowest BCUT2D eigenvalue weighted by molar-refractivity contribution is -0.115. The second kappa shape index (κ2) is 7.57. The molecule has 3 rings (SSSR count). The van der Waals surface area contributed by atoms with Gasteiger partial charge < -0.3 is 9.73 Å². The fraction of sp³-hybridized carbons (Fsp3) is 0.438. The van der Waals surface area contributed by atoms with Gasteiger partial charge in [-0.15, -0.1) is 10.2 Å². The van der Waals surface area contributed by atoms with Gasteiger partial charge in [-0.25, -0.2) is 8.42 Å². The van der Waals surface area contributed by atoms with Gasteiger partial charge in [-0.2, -0.15) is 0 Å². The van der Waals surface area contributed by atoms with Crippen molar-refractivity contribution < 1.29 is 17.6 Å². The molecule has 2 atom stereocenters. The summed E-state index contributed by atoms with van der Waals surface area (Å²) >= 11 is 1.18. The average Bonchev–Trinajstić information content (AvgIpc) is 3.14. The number of thioether (sulfide) groups is 1. The number of benzene rings is 1. The van der Waals surface area contributed by atoms with Crippen LogP contribution in [0.5, 0.6) is 0 Å². The zero-order chi connectivity index (χ0) is 17.9. The van der Waals surface area contributed by atoms with Crippen LogP contribution in [0.2, 0.25) is 0 Å². The minimum atomic E-state index is -2.92. The third-order valence-corrected chi connectivity index (χ3v) is 6.70. The molecule has 7 nitrogen and oxygen atoms in total. The van der Waals surface area contributed by atoms with Gasteiger partial charge in [0.05, 0.1) is 16.8 Å². The molecule has 1 amide bonds. The van der Waals surface area contributed by atoms with Crippen LogP contribution >= 0.6 is 11.8 Å². The maximum Gasteiger partial charge on any atom is 0.277 e. The third kappa shape index (κ3) is 5.05. The molecule has 0 saturated carbocycles. The van der Waals surface area contributed by atoms with Crippen molar-refractivity contribution in [3.05, 3.63) is 36.2 Å². The number of aromatic nitrogens is 2. The third-order valence-electron chi connectivity index (χ3n) is 3.93. The van der Waals surface area contributed by atoms with E-state index in [0.717, 1.165) is 5.69 Å². The van der Waals surface area contributed by atoms with Gasteiger partial charge in [0.25, 0.3) is 5.22 Å². The van der Waals surface area contributed by atoms with Crippen molar-refractivity contribution in [2.24, 2.45) is 5.92 Å². The van der Waals surface area contributed by atoms with E-state index in [4.69, 9.17) is 4.42 Å². The largest absolute Gasteiger partial charge is 0.416 e. The van der Waals surface area contributed by atoms with Crippen molar-refractivity contribution in [2.75, 3.05) is 16.8 Å². The van der Waals surface area contributed by atoms with Gasteiger partial charge in [0.1, 0.15) is 0 Å². The molecule has 0 bridgehead atoms. The first-order valence-electron chi connectivity index (χ1n) is 7.97. The van der Waals surface area contributed by atoms with Gasteiger partial charge in [0.2, 0.25) is 11.8 Å². The number of hydrogen-bond donors (Lipinski definition) is 1. The molecular formula is C16H19N3O4S2. The number of carbonyl (C=O) groups excluding carboxylic acids is 1. The van der Waals surface area contributed by atoms with Crippen LogP contribution in [0.25, 0.3) is 0 Å². The molecule has 0 spiro atoms. The summed E-state index contributed by atoms with van der Waals surface area (Å²) in [5.41, 5.74) is 0.730. The summed E-state index contributed by atoms with van der Waals surface area (Å²) in [6.45, 7) is 1.76. The lowest BCUT2D eigenvalue weighted by Crippen LogP contribution is -2.22. The summed E-state index contributed by atoms with van der Waals surface area (Å²) < 4.78 is 28.5. The number of para-hydroxylation sites is 1. The minimum absolute atomic E-state index is 0.0297. The Morgan fingerprint density at radius 1 is 1.36 bits per heavy atom. The van der Waals surface area contributed by atoms with Crippen molar-refractivity contribution in [3.8, 4) is 0 Å². The maximum absolute atomic E-state index is 12.2. The van der Waals surface area contributed by atoms with E-state index in [9.17, 15) is 13.2 Å². The Hall–Kier alpha value is -1.87. The summed E-state index contributed by atoms with van der Waals surface area (Å²) in [4.78, 5) is 12.2. The van der Waals surface area contributed by atoms with Gasteiger partial charge in [0.15, 0.2) is 9.84 Å². The van der Waals surface area contributed by atoms with Crippen LogP contribution < -0.4 is 5.32 Å². The van der Waals surface area contributed by atoms with Crippen LogP contribution in [-0.4, -0.2) is 41.3 Å². The highest BCUT2D eigenvalue weighted by Gasteiger charge is 2.29. The molecule has 2 heterocycles. The monoisotopic (exact) mass is 381 g/mol. The van der Waals surface area contributed by atoms with Gasteiger partial charge in [0, 0.05) is 12.1 Å². The van der Waals surface area contributed by atoms with Crippen LogP contribution in [0.15, 0.2) is 40.0 Å². The second-order valence-electron chi connectivity index (χ2n) is 6.05. The van der Waals surface area contributed by atoms with Crippen molar-refractivity contribution in [1.29, 1.82) is 0 Å². The molecule has 9 heteroatoms. The molecule has 1 fully saturated rings. The van der Waals surface area contributed by atoms with Gasteiger partial charge in [-0.3, -0.25) is 4.79 Å². The number of rotatable bonds is 6. The molecule has 134 valence electrons. The van der Waals surface area contributed by atoms with Gasteiger partial charge >= 0.3 is 0 Å². The SMILES string of the molecule is C[C@H](Sc1nnc(C[C@H]2CCS(=O)(=O)C2)o1)C(=O)Nc1ccccc1. The Morgan fingerprint density at radius 3 is 2.80 bits per heavy atom. The summed E-state index contributed by atoms with van der Waals surface area (Å²) in [6, 6.07) is 9.21. The maximum atomic E-state index is 12.2. The molecule has 1 aliphatic heterocycles. The molecule has 1 aliphatic rings. The summed E-state index contributed by atoms with van der Waals surface area (Å²) in [5.74, 6) is 0.692. The first kappa shape index (κ1) is 17.9. The molecule has 0 unspecified atom stereocenters. The quantitative estimate of drug-likeness (QED) is 0.765. The number of amides is 1. The van der Waals surface area contributed by atoms with E-state index in [1.165, 1.54) is 11.8 Å². The number of anilines is 1. The number of nitrogens with zero attached hydrogens (tertiary/aromatic N) is 2. The number of carbonyl (C=O) groups is 1. The predicted octanol–water partition coefficient (Wildman–Crippen LogP) is 2.17. The molecule has 0 aliphatic carbocycles. The Balaban J connectivity index is 1.53. The Bertz CT molecular complexity index is 836. The predicted molar refractivity (Wildman–Crippen MR) is 95.2 cm³/mol. The van der Waals surface area contributed by atoms with E-state index in [1.807, 2.05) is 30.3 Å². The van der Waals surface area contributed by atoms with Crippen LogP contribution in [-0.2, 0) is 21.1 Å². The van der Waals surface area contributed by atoms with Gasteiger partial charge in [-0.05, 0) is 31.4 Å². The summed E-state index contributed by atoms with van der Waals surface area (Å²) in [7, 11) is -2.92. The molecule has 25 heavy (non-hydrogen) atoms. The summed E-state index contributed by atoms with van der Waals surface area (Å²) in [6.07, 6.45) is 1.08. The van der Waals surface area contributed by atoms with Crippen molar-refractivity contribution in [3.63, 3.8) is 0 Å². The highest BCUT2D eigenvalue weighted by atomic mass is 32.2. The molecular weight excluding hydrogens is 362 g/mol. The Kier molecular flexibility index (Phi) is 5.43. The molecule has 0 radical (unpaired) electrons. The molecule has 2 aromatic rings. The number of sulfone groups is 1. The van der Waals surface area contributed by atoms with Crippen LogP contribution in [0.3, 0.4) is 0 Å². The topological polar surface area (TPSA) is 102 Å². The zero-order valence-corrected chi connectivity index (χ0v) is 15.3. The summed E-state index contributed by atoms with van der Waals surface area (Å²) in [5, 5.41) is 10.6. The van der Waals surface area contributed by atoms with E-state index in [2.05, 4.69) is 15.5 Å². The Morgan fingerprint density at radius 2 is 2.12 bits per heavy atom. The van der Waals surface area contributed by atoms with Gasteiger partial charge in [-0.1, -0.05) is 30.0 Å². The molecule has 1 saturated heterocycles. The minimum Gasteiger partial charge on any atom is -0.416 e. The van der Waals surface area contributed by atoms with Crippen LogP contribution in [0.1, 0.15) is 19.2 Å². The fourth-order valence-electron chi connectivity index (χ4n) is 2.62. The lowest BCUT2D eigenvalue weighted by atomic mass is 10.1. The Labute approximate surface area is 150 Å². The highest BCUT2D eigenvalue weighted by molar-refractivity contribution is 8.00. The lowest BCUT2D eigenvalue weighted by Gasteiger charge is -2.09.